The lowest BCUT2D eigenvalue weighted by Gasteiger charge is -2.19. The van der Waals surface area contributed by atoms with Crippen molar-refractivity contribution in [2.24, 2.45) is 0 Å². The summed E-state index contributed by atoms with van der Waals surface area (Å²) < 4.78 is 1.44. The molecule has 0 bridgehead atoms. The molecule has 1 amide bonds. The Morgan fingerprint density at radius 3 is 2.12 bits per heavy atom. The summed E-state index contributed by atoms with van der Waals surface area (Å²) >= 11 is 0. The fourth-order valence-electron chi connectivity index (χ4n) is 2.85. The van der Waals surface area contributed by atoms with E-state index < -0.39 is 17.1 Å². The fourth-order valence-corrected chi connectivity index (χ4v) is 2.85. The van der Waals surface area contributed by atoms with Gasteiger partial charge in [-0.3, -0.25) is 14.3 Å². The number of hydrogen-bond donors (Lipinski definition) is 2. The van der Waals surface area contributed by atoms with Crippen LogP contribution in [-0.2, 0) is 6.54 Å². The second-order valence-corrected chi connectivity index (χ2v) is 5.87. The molecule has 0 radical (unpaired) electrons. The summed E-state index contributed by atoms with van der Waals surface area (Å²) in [5.74, 6) is -1.18. The van der Waals surface area contributed by atoms with Crippen LogP contribution in [0.1, 0.15) is 27.5 Å². The first kappa shape index (κ1) is 17.4. The van der Waals surface area contributed by atoms with Gasteiger partial charge < -0.3 is 10.4 Å². The van der Waals surface area contributed by atoms with Crippen molar-refractivity contribution in [3.63, 3.8) is 0 Å². The Labute approximate surface area is 150 Å². The number of hydrogen-bond acceptors (Lipinski definition) is 4. The molecule has 0 aliphatic carbocycles. The standard InChI is InChI=1S/C20H19N3O3/c1-21-20(26)18-19(25)17(24)13-23(22-18)12-16(14-8-4-2-5-9-14)15-10-6-3-7-11-15/h2-11,13,16,24H,12H2,1H3,(H,21,26). The van der Waals surface area contributed by atoms with Gasteiger partial charge in [-0.25, -0.2) is 0 Å². The molecule has 0 atom stereocenters. The van der Waals surface area contributed by atoms with Crippen LogP contribution < -0.4 is 10.7 Å². The van der Waals surface area contributed by atoms with Crippen LogP contribution in [0.3, 0.4) is 0 Å². The largest absolute Gasteiger partial charge is 0.503 e. The van der Waals surface area contributed by atoms with Gasteiger partial charge in [0.25, 0.3) is 11.3 Å². The first-order chi connectivity index (χ1) is 12.6. The molecule has 0 aliphatic rings. The maximum absolute atomic E-state index is 12.0. The number of benzene rings is 2. The van der Waals surface area contributed by atoms with Crippen LogP contribution in [0, 0.1) is 0 Å². The van der Waals surface area contributed by atoms with Gasteiger partial charge in [-0.2, -0.15) is 5.10 Å². The Bertz CT molecular complexity index is 914. The van der Waals surface area contributed by atoms with E-state index in [2.05, 4.69) is 10.4 Å². The fraction of sp³-hybridized carbons (Fsp3) is 0.150. The molecule has 132 valence electrons. The zero-order valence-corrected chi connectivity index (χ0v) is 14.3. The highest BCUT2D eigenvalue weighted by atomic mass is 16.3. The molecule has 2 N–H and O–H groups in total. The van der Waals surface area contributed by atoms with Crippen LogP contribution in [-0.4, -0.2) is 27.8 Å². The molecular formula is C20H19N3O3. The van der Waals surface area contributed by atoms with Gasteiger partial charge in [-0.15, -0.1) is 0 Å². The van der Waals surface area contributed by atoms with Crippen molar-refractivity contribution in [1.82, 2.24) is 15.1 Å². The van der Waals surface area contributed by atoms with Crippen molar-refractivity contribution in [3.05, 3.63) is 93.9 Å². The van der Waals surface area contributed by atoms with Gasteiger partial charge in [0.1, 0.15) is 0 Å². The molecule has 0 fully saturated rings. The molecule has 0 saturated carbocycles. The second kappa shape index (κ2) is 7.65. The van der Waals surface area contributed by atoms with Gasteiger partial charge in [0.05, 0.1) is 12.7 Å². The van der Waals surface area contributed by atoms with E-state index in [9.17, 15) is 14.7 Å². The van der Waals surface area contributed by atoms with Gasteiger partial charge in [0.15, 0.2) is 11.4 Å². The lowest BCUT2D eigenvalue weighted by molar-refractivity contribution is 0.0953. The zero-order chi connectivity index (χ0) is 18.5. The number of carbonyl (C=O) groups is 1. The average molecular weight is 349 g/mol. The van der Waals surface area contributed by atoms with E-state index in [0.717, 1.165) is 11.1 Å². The summed E-state index contributed by atoms with van der Waals surface area (Å²) in [5, 5.41) is 16.4. The van der Waals surface area contributed by atoms with Crippen molar-refractivity contribution in [1.29, 1.82) is 0 Å². The topological polar surface area (TPSA) is 84.2 Å². The molecule has 3 rings (SSSR count). The van der Waals surface area contributed by atoms with Crippen LogP contribution in [0.15, 0.2) is 71.7 Å². The summed E-state index contributed by atoms with van der Waals surface area (Å²) in [6.07, 6.45) is 1.26. The van der Waals surface area contributed by atoms with E-state index in [0.29, 0.717) is 6.54 Å². The Hall–Kier alpha value is -3.41. The van der Waals surface area contributed by atoms with E-state index in [1.54, 1.807) is 0 Å². The number of carbonyl (C=O) groups excluding carboxylic acids is 1. The lowest BCUT2D eigenvalue weighted by Crippen LogP contribution is -2.29. The first-order valence-corrected chi connectivity index (χ1v) is 8.23. The van der Waals surface area contributed by atoms with E-state index in [1.807, 2.05) is 60.7 Å². The Kier molecular flexibility index (Phi) is 5.12. The summed E-state index contributed by atoms with van der Waals surface area (Å²) in [5.41, 5.74) is 1.03. The van der Waals surface area contributed by atoms with Crippen LogP contribution in [0.25, 0.3) is 0 Å². The van der Waals surface area contributed by atoms with Crippen LogP contribution in [0.5, 0.6) is 5.75 Å². The van der Waals surface area contributed by atoms with Crippen molar-refractivity contribution in [3.8, 4) is 5.75 Å². The number of nitrogens with zero attached hydrogens (tertiary/aromatic N) is 2. The van der Waals surface area contributed by atoms with Crippen molar-refractivity contribution < 1.29 is 9.90 Å². The Balaban J connectivity index is 2.04. The normalized spacial score (nSPS) is 10.7. The average Bonchev–Trinajstić information content (AvgIpc) is 2.69. The van der Waals surface area contributed by atoms with Crippen LogP contribution in [0.4, 0.5) is 0 Å². The number of nitrogens with one attached hydrogen (secondary N) is 1. The van der Waals surface area contributed by atoms with Gasteiger partial charge in [-0.05, 0) is 11.1 Å². The molecule has 26 heavy (non-hydrogen) atoms. The summed E-state index contributed by atoms with van der Waals surface area (Å²) in [4.78, 5) is 23.8. The summed E-state index contributed by atoms with van der Waals surface area (Å²) in [6.45, 7) is 0.367. The van der Waals surface area contributed by atoms with E-state index in [-0.39, 0.29) is 11.6 Å². The summed E-state index contributed by atoms with van der Waals surface area (Å²) in [7, 11) is 1.41. The first-order valence-electron chi connectivity index (χ1n) is 8.23. The van der Waals surface area contributed by atoms with Crippen LogP contribution >= 0.6 is 0 Å². The molecule has 0 spiro atoms. The molecule has 1 heterocycles. The molecule has 6 nitrogen and oxygen atoms in total. The quantitative estimate of drug-likeness (QED) is 0.739. The Morgan fingerprint density at radius 1 is 1.08 bits per heavy atom. The molecule has 3 aromatic rings. The minimum Gasteiger partial charge on any atom is -0.503 e. The maximum Gasteiger partial charge on any atom is 0.275 e. The monoisotopic (exact) mass is 349 g/mol. The van der Waals surface area contributed by atoms with Crippen molar-refractivity contribution >= 4 is 5.91 Å². The highest BCUT2D eigenvalue weighted by Crippen LogP contribution is 2.26. The molecule has 0 saturated heterocycles. The second-order valence-electron chi connectivity index (χ2n) is 5.87. The van der Waals surface area contributed by atoms with E-state index in [1.165, 1.54) is 17.9 Å². The number of amides is 1. The van der Waals surface area contributed by atoms with E-state index in [4.69, 9.17) is 0 Å². The molecule has 0 unspecified atom stereocenters. The minimum absolute atomic E-state index is 0.0515. The van der Waals surface area contributed by atoms with Crippen molar-refractivity contribution in [2.75, 3.05) is 7.05 Å². The smallest absolute Gasteiger partial charge is 0.275 e. The predicted octanol–water partition coefficient (Wildman–Crippen LogP) is 2.14. The molecule has 1 aromatic heterocycles. The third kappa shape index (κ3) is 3.64. The van der Waals surface area contributed by atoms with Gasteiger partial charge >= 0.3 is 0 Å². The van der Waals surface area contributed by atoms with Gasteiger partial charge in [0.2, 0.25) is 0 Å². The number of aromatic hydroxyl groups is 1. The highest BCUT2D eigenvalue weighted by molar-refractivity contribution is 5.92. The zero-order valence-electron chi connectivity index (χ0n) is 14.3. The van der Waals surface area contributed by atoms with Gasteiger partial charge in [0, 0.05) is 13.0 Å². The predicted molar refractivity (Wildman–Crippen MR) is 98.3 cm³/mol. The van der Waals surface area contributed by atoms with Gasteiger partial charge in [-0.1, -0.05) is 60.7 Å². The van der Waals surface area contributed by atoms with E-state index >= 15 is 0 Å². The maximum atomic E-state index is 12.0. The number of rotatable bonds is 5. The van der Waals surface area contributed by atoms with Crippen LogP contribution in [0.2, 0.25) is 0 Å². The Morgan fingerprint density at radius 2 is 1.62 bits per heavy atom. The minimum atomic E-state index is -0.781. The SMILES string of the molecule is CNC(=O)c1nn(CC(c2ccccc2)c2ccccc2)cc(O)c1=O. The third-order valence-electron chi connectivity index (χ3n) is 4.16. The molecule has 0 aliphatic heterocycles. The van der Waals surface area contributed by atoms with Crippen molar-refractivity contribution in [2.45, 2.75) is 12.5 Å². The number of aromatic nitrogens is 2. The molecule has 2 aromatic carbocycles. The highest BCUT2D eigenvalue weighted by Gasteiger charge is 2.19. The molecular weight excluding hydrogens is 330 g/mol. The summed E-state index contributed by atoms with van der Waals surface area (Å²) in [6, 6.07) is 19.8. The third-order valence-corrected chi connectivity index (χ3v) is 4.16. The lowest BCUT2D eigenvalue weighted by atomic mass is 9.91. The molecule has 6 heteroatoms.